The molecule has 1 fully saturated rings. The second-order valence-electron chi connectivity index (χ2n) is 10.3. The highest BCUT2D eigenvalue weighted by atomic mass is 14.9. The van der Waals surface area contributed by atoms with Gasteiger partial charge < -0.3 is 0 Å². The van der Waals surface area contributed by atoms with Crippen molar-refractivity contribution in [2.24, 2.45) is 17.9 Å². The Morgan fingerprint density at radius 3 is 2.27 bits per heavy atom. The van der Waals surface area contributed by atoms with Crippen molar-refractivity contribution in [2.75, 3.05) is 0 Å². The highest BCUT2D eigenvalue weighted by Gasteiger charge is 2.39. The maximum atomic E-state index is 2.51. The minimum atomic E-state index is 0.327. The molecular weight excluding hydrogens is 314 g/mol. The van der Waals surface area contributed by atoms with Crippen molar-refractivity contribution >= 4 is 0 Å². The summed E-state index contributed by atoms with van der Waals surface area (Å²) >= 11 is 0. The van der Waals surface area contributed by atoms with Crippen LogP contribution in [-0.4, -0.2) is 0 Å². The molecule has 0 aliphatic heterocycles. The van der Waals surface area contributed by atoms with Crippen LogP contribution in [0.5, 0.6) is 0 Å². The van der Waals surface area contributed by atoms with Gasteiger partial charge in [-0.15, -0.1) is 0 Å². The predicted molar refractivity (Wildman–Crippen MR) is 109 cm³/mol. The average Bonchev–Trinajstić information content (AvgIpc) is 3.11. The monoisotopic (exact) mass is 348 g/mol. The first kappa shape index (κ1) is 17.8. The van der Waals surface area contributed by atoms with Gasteiger partial charge in [-0.2, -0.15) is 0 Å². The number of nitrogens with zero attached hydrogens (tertiary/aromatic N) is 1. The Morgan fingerprint density at radius 1 is 1.00 bits per heavy atom. The third kappa shape index (κ3) is 3.33. The van der Waals surface area contributed by atoms with Gasteiger partial charge in [-0.1, -0.05) is 39.7 Å². The number of aryl methyl sites for hydroxylation is 2. The summed E-state index contributed by atoms with van der Waals surface area (Å²) in [4.78, 5) is 0. The molecule has 0 N–H and O–H groups in total. The van der Waals surface area contributed by atoms with E-state index in [1.165, 1.54) is 60.9 Å². The number of aromatic nitrogens is 1. The van der Waals surface area contributed by atoms with Gasteiger partial charge in [0.15, 0.2) is 6.20 Å². The van der Waals surface area contributed by atoms with Crippen LogP contribution in [0.25, 0.3) is 11.3 Å². The number of pyridine rings is 1. The molecular formula is C25H34N+. The second kappa shape index (κ2) is 6.22. The Hall–Kier alpha value is -1.63. The molecule has 1 nitrogen and oxygen atoms in total. The van der Waals surface area contributed by atoms with Crippen molar-refractivity contribution in [3.63, 3.8) is 0 Å². The van der Waals surface area contributed by atoms with E-state index < -0.39 is 0 Å². The lowest BCUT2D eigenvalue weighted by Gasteiger charge is -2.21. The van der Waals surface area contributed by atoms with Crippen LogP contribution in [0.15, 0.2) is 30.5 Å². The Bertz CT molecular complexity index is 832. The molecule has 138 valence electrons. The zero-order valence-corrected chi connectivity index (χ0v) is 17.3. The molecule has 1 aromatic heterocycles. The zero-order chi connectivity index (χ0) is 18.5. The van der Waals surface area contributed by atoms with Crippen molar-refractivity contribution in [3.8, 4) is 11.3 Å². The maximum absolute atomic E-state index is 2.51. The minimum absolute atomic E-state index is 0.327. The summed E-state index contributed by atoms with van der Waals surface area (Å²) in [7, 11) is 2.20. The van der Waals surface area contributed by atoms with Gasteiger partial charge in [0, 0.05) is 17.2 Å². The summed E-state index contributed by atoms with van der Waals surface area (Å²) in [6.07, 6.45) is 11.8. The lowest BCUT2D eigenvalue weighted by atomic mass is 9.83. The number of fused-ring (bicyclic) bond motifs is 1. The van der Waals surface area contributed by atoms with Crippen LogP contribution in [0.3, 0.4) is 0 Å². The standard InChI is InChI=1S/C25H34N/c1-18-12-20-15-25(10-6-7-11-25)16-21(20)13-22(18)23-9-8-19(17-26(23)5)14-24(2,3)4/h8-9,12-13,17H,6-7,10-11,14-16H2,1-5H3/q+1. The molecule has 2 aliphatic carbocycles. The van der Waals surface area contributed by atoms with Crippen LogP contribution in [-0.2, 0) is 26.3 Å². The van der Waals surface area contributed by atoms with Gasteiger partial charge in [-0.3, -0.25) is 0 Å². The summed E-state index contributed by atoms with van der Waals surface area (Å²) < 4.78 is 2.33. The first-order chi connectivity index (χ1) is 12.2. The quantitative estimate of drug-likeness (QED) is 0.610. The summed E-state index contributed by atoms with van der Waals surface area (Å²) in [5.41, 5.74) is 9.79. The molecule has 0 amide bonds. The van der Waals surface area contributed by atoms with Crippen molar-refractivity contribution in [1.82, 2.24) is 0 Å². The molecule has 26 heavy (non-hydrogen) atoms. The van der Waals surface area contributed by atoms with Crippen LogP contribution in [0.4, 0.5) is 0 Å². The van der Waals surface area contributed by atoms with E-state index in [-0.39, 0.29) is 0 Å². The van der Waals surface area contributed by atoms with E-state index in [0.717, 1.165) is 6.42 Å². The fourth-order valence-corrected chi connectivity index (χ4v) is 5.43. The molecule has 1 heteroatoms. The predicted octanol–water partition coefficient (Wildman–Crippen LogP) is 5.73. The van der Waals surface area contributed by atoms with Gasteiger partial charge >= 0.3 is 0 Å². The fraction of sp³-hybridized carbons (Fsp3) is 0.560. The normalized spacial score (nSPS) is 18.5. The molecule has 4 rings (SSSR count). The maximum Gasteiger partial charge on any atom is 0.212 e. The SMILES string of the molecule is Cc1cc2c(cc1-c1ccc(CC(C)(C)C)c[n+]1C)CC1(CCCC1)C2. The van der Waals surface area contributed by atoms with Gasteiger partial charge in [-0.25, -0.2) is 4.57 Å². The number of hydrogen-bond donors (Lipinski definition) is 0. The molecule has 1 spiro atoms. The molecule has 1 heterocycles. The van der Waals surface area contributed by atoms with Gasteiger partial charge in [0.1, 0.15) is 7.05 Å². The van der Waals surface area contributed by atoms with Crippen molar-refractivity contribution < 1.29 is 4.57 Å². The summed E-state index contributed by atoms with van der Waals surface area (Å²) in [6.45, 7) is 9.22. The third-order valence-corrected chi connectivity index (χ3v) is 6.55. The molecule has 2 aliphatic rings. The second-order valence-corrected chi connectivity index (χ2v) is 10.3. The summed E-state index contributed by atoms with van der Waals surface area (Å²) in [5, 5.41) is 0. The molecule has 0 unspecified atom stereocenters. The minimum Gasteiger partial charge on any atom is -0.201 e. The van der Waals surface area contributed by atoms with E-state index in [2.05, 4.69) is 69.8 Å². The molecule has 1 saturated carbocycles. The van der Waals surface area contributed by atoms with Crippen LogP contribution in [0.1, 0.15) is 68.7 Å². The zero-order valence-electron chi connectivity index (χ0n) is 17.3. The van der Waals surface area contributed by atoms with Crippen LogP contribution < -0.4 is 4.57 Å². The first-order valence-electron chi connectivity index (χ1n) is 10.4. The van der Waals surface area contributed by atoms with Crippen LogP contribution in [0, 0.1) is 17.8 Å². The van der Waals surface area contributed by atoms with Crippen molar-refractivity contribution in [3.05, 3.63) is 52.7 Å². The number of rotatable bonds is 2. The lowest BCUT2D eigenvalue weighted by molar-refractivity contribution is -0.660. The summed E-state index contributed by atoms with van der Waals surface area (Å²) in [6, 6.07) is 9.65. The van der Waals surface area contributed by atoms with Crippen molar-refractivity contribution in [2.45, 2.75) is 72.6 Å². The highest BCUT2D eigenvalue weighted by molar-refractivity contribution is 5.64. The van der Waals surface area contributed by atoms with Gasteiger partial charge in [0.2, 0.25) is 5.69 Å². The largest absolute Gasteiger partial charge is 0.212 e. The molecule has 0 radical (unpaired) electrons. The van der Waals surface area contributed by atoms with Gasteiger partial charge in [-0.05, 0) is 78.7 Å². The van der Waals surface area contributed by atoms with Gasteiger partial charge in [0.05, 0.1) is 0 Å². The van der Waals surface area contributed by atoms with E-state index in [1.807, 2.05) is 0 Å². The van der Waals surface area contributed by atoms with E-state index >= 15 is 0 Å². The smallest absolute Gasteiger partial charge is 0.201 e. The molecule has 0 atom stereocenters. The fourth-order valence-electron chi connectivity index (χ4n) is 5.43. The van der Waals surface area contributed by atoms with E-state index in [0.29, 0.717) is 10.8 Å². The first-order valence-corrected chi connectivity index (χ1v) is 10.4. The molecule has 0 bridgehead atoms. The topological polar surface area (TPSA) is 3.88 Å². The van der Waals surface area contributed by atoms with Crippen LogP contribution >= 0.6 is 0 Å². The Balaban J connectivity index is 1.67. The lowest BCUT2D eigenvalue weighted by Crippen LogP contribution is -2.32. The number of hydrogen-bond acceptors (Lipinski definition) is 0. The molecule has 2 aromatic rings. The van der Waals surface area contributed by atoms with Gasteiger partial charge in [0.25, 0.3) is 0 Å². The van der Waals surface area contributed by atoms with Crippen LogP contribution in [0.2, 0.25) is 0 Å². The van der Waals surface area contributed by atoms with E-state index in [9.17, 15) is 0 Å². The average molecular weight is 349 g/mol. The Morgan fingerprint density at radius 2 is 1.65 bits per heavy atom. The molecule has 1 aromatic carbocycles. The Kier molecular flexibility index (Phi) is 4.25. The highest BCUT2D eigenvalue weighted by Crippen LogP contribution is 2.49. The van der Waals surface area contributed by atoms with E-state index in [1.54, 1.807) is 11.1 Å². The Labute approximate surface area is 159 Å². The number of benzene rings is 1. The van der Waals surface area contributed by atoms with E-state index in [4.69, 9.17) is 0 Å². The molecule has 0 saturated heterocycles. The third-order valence-electron chi connectivity index (χ3n) is 6.55. The van der Waals surface area contributed by atoms with Crippen molar-refractivity contribution in [1.29, 1.82) is 0 Å². The summed E-state index contributed by atoms with van der Waals surface area (Å²) in [5.74, 6) is 0.